The van der Waals surface area contributed by atoms with Gasteiger partial charge in [-0.25, -0.2) is 4.98 Å². The molecule has 0 saturated heterocycles. The standard InChI is InChI=1S/C9H5ClF3IN2/c10-7-6(14)1-2-16-5(3-9(11,12)13)4-15-8(7)16/h1-2,4H,3H2. The van der Waals surface area contributed by atoms with Gasteiger partial charge < -0.3 is 4.40 Å². The van der Waals surface area contributed by atoms with Gasteiger partial charge in [0.1, 0.15) is 0 Å². The lowest BCUT2D eigenvalue weighted by atomic mass is 10.3. The molecule has 0 amide bonds. The molecule has 0 atom stereocenters. The fourth-order valence-corrected chi connectivity index (χ4v) is 1.99. The molecule has 0 aromatic carbocycles. The molecule has 0 aliphatic carbocycles. The second-order valence-electron chi connectivity index (χ2n) is 3.21. The first-order chi connectivity index (χ1) is 7.38. The van der Waals surface area contributed by atoms with Crippen LogP contribution in [-0.4, -0.2) is 15.6 Å². The molecule has 0 N–H and O–H groups in total. The maximum absolute atomic E-state index is 12.3. The summed E-state index contributed by atoms with van der Waals surface area (Å²) in [4.78, 5) is 3.89. The van der Waals surface area contributed by atoms with Crippen molar-refractivity contribution in [2.24, 2.45) is 0 Å². The SMILES string of the molecule is FC(F)(F)Cc1cnc2c(Cl)c(I)ccn12. The molecule has 86 valence electrons. The zero-order valence-corrected chi connectivity index (χ0v) is 10.6. The molecule has 2 aromatic rings. The third-order valence-electron chi connectivity index (χ3n) is 2.03. The summed E-state index contributed by atoms with van der Waals surface area (Å²) in [6, 6.07) is 1.65. The summed E-state index contributed by atoms with van der Waals surface area (Å²) >= 11 is 7.94. The fraction of sp³-hybridized carbons (Fsp3) is 0.222. The van der Waals surface area contributed by atoms with Crippen LogP contribution in [0.25, 0.3) is 5.65 Å². The van der Waals surface area contributed by atoms with Gasteiger partial charge in [-0.2, -0.15) is 13.2 Å². The molecular formula is C9H5ClF3IN2. The minimum absolute atomic E-state index is 0.0841. The van der Waals surface area contributed by atoms with Crippen molar-refractivity contribution in [3.8, 4) is 0 Å². The molecule has 2 heterocycles. The predicted molar refractivity (Wildman–Crippen MR) is 62.7 cm³/mol. The zero-order chi connectivity index (χ0) is 11.9. The number of hydrogen-bond donors (Lipinski definition) is 0. The summed E-state index contributed by atoms with van der Waals surface area (Å²) in [6.45, 7) is 0. The minimum Gasteiger partial charge on any atom is -0.302 e. The van der Waals surface area contributed by atoms with E-state index in [4.69, 9.17) is 11.6 Å². The number of alkyl halides is 3. The largest absolute Gasteiger partial charge is 0.394 e. The Bertz CT molecular complexity index is 535. The second kappa shape index (κ2) is 4.06. The van der Waals surface area contributed by atoms with E-state index in [1.165, 1.54) is 16.8 Å². The number of rotatable bonds is 1. The maximum atomic E-state index is 12.3. The Kier molecular flexibility index (Phi) is 3.04. The predicted octanol–water partition coefficient (Wildman–Crippen LogP) is 3.70. The van der Waals surface area contributed by atoms with Crippen molar-refractivity contribution in [3.05, 3.63) is 32.7 Å². The van der Waals surface area contributed by atoms with Crippen LogP contribution in [0, 0.1) is 3.57 Å². The Morgan fingerprint density at radius 1 is 1.44 bits per heavy atom. The molecule has 0 aliphatic heterocycles. The number of hydrogen-bond acceptors (Lipinski definition) is 1. The fourth-order valence-electron chi connectivity index (χ4n) is 1.38. The number of pyridine rings is 1. The summed E-state index contributed by atoms with van der Waals surface area (Å²) in [5, 5.41) is 0.372. The molecule has 0 bridgehead atoms. The van der Waals surface area contributed by atoms with Gasteiger partial charge in [0.25, 0.3) is 0 Å². The van der Waals surface area contributed by atoms with Crippen molar-refractivity contribution < 1.29 is 13.2 Å². The molecule has 16 heavy (non-hydrogen) atoms. The van der Waals surface area contributed by atoms with Gasteiger partial charge in [0.2, 0.25) is 0 Å². The lowest BCUT2D eigenvalue weighted by Crippen LogP contribution is -2.13. The third-order valence-corrected chi connectivity index (χ3v) is 3.62. The molecule has 0 saturated carbocycles. The molecule has 2 nitrogen and oxygen atoms in total. The molecular weight excluding hydrogens is 355 g/mol. The van der Waals surface area contributed by atoms with Crippen LogP contribution in [-0.2, 0) is 6.42 Å². The number of halogens is 5. The minimum atomic E-state index is -4.24. The molecule has 2 aromatic heterocycles. The highest BCUT2D eigenvalue weighted by molar-refractivity contribution is 14.1. The van der Waals surface area contributed by atoms with Gasteiger partial charge in [0.05, 0.1) is 17.1 Å². The van der Waals surface area contributed by atoms with Crippen LogP contribution in [0.2, 0.25) is 5.02 Å². The van der Waals surface area contributed by atoms with Gasteiger partial charge in [-0.3, -0.25) is 0 Å². The van der Waals surface area contributed by atoms with E-state index < -0.39 is 12.6 Å². The van der Waals surface area contributed by atoms with Crippen molar-refractivity contribution in [3.63, 3.8) is 0 Å². The Morgan fingerprint density at radius 3 is 2.75 bits per heavy atom. The molecule has 0 spiro atoms. The maximum Gasteiger partial charge on any atom is 0.394 e. The van der Waals surface area contributed by atoms with E-state index in [2.05, 4.69) is 4.98 Å². The second-order valence-corrected chi connectivity index (χ2v) is 4.75. The number of nitrogens with zero attached hydrogens (tertiary/aromatic N) is 2. The highest BCUT2D eigenvalue weighted by Crippen LogP contribution is 2.26. The van der Waals surface area contributed by atoms with E-state index in [-0.39, 0.29) is 5.69 Å². The van der Waals surface area contributed by atoms with E-state index in [1.54, 1.807) is 6.07 Å². The first-order valence-electron chi connectivity index (χ1n) is 4.25. The molecule has 0 fully saturated rings. The van der Waals surface area contributed by atoms with E-state index in [0.29, 0.717) is 10.7 Å². The van der Waals surface area contributed by atoms with Crippen molar-refractivity contribution >= 4 is 39.8 Å². The molecule has 7 heteroatoms. The van der Waals surface area contributed by atoms with E-state index in [9.17, 15) is 13.2 Å². The summed E-state index contributed by atoms with van der Waals surface area (Å²) in [7, 11) is 0. The summed E-state index contributed by atoms with van der Waals surface area (Å²) < 4.78 is 38.9. The molecule has 0 radical (unpaired) electrons. The van der Waals surface area contributed by atoms with Gasteiger partial charge in [-0.15, -0.1) is 0 Å². The van der Waals surface area contributed by atoms with Gasteiger partial charge in [-0.05, 0) is 28.7 Å². The lowest BCUT2D eigenvalue weighted by molar-refractivity contribution is -0.127. The first-order valence-corrected chi connectivity index (χ1v) is 5.71. The van der Waals surface area contributed by atoms with Crippen LogP contribution in [0.4, 0.5) is 13.2 Å². The average molecular weight is 361 g/mol. The first kappa shape index (κ1) is 12.0. The van der Waals surface area contributed by atoms with Crippen LogP contribution in [0.1, 0.15) is 5.69 Å². The number of imidazole rings is 1. The van der Waals surface area contributed by atoms with Crippen LogP contribution in [0.5, 0.6) is 0 Å². The van der Waals surface area contributed by atoms with Crippen LogP contribution >= 0.6 is 34.2 Å². The number of fused-ring (bicyclic) bond motifs is 1. The Balaban J connectivity index is 2.54. The Hall–Kier alpha value is -0.500. The van der Waals surface area contributed by atoms with E-state index in [0.717, 1.165) is 3.57 Å². The lowest BCUT2D eigenvalue weighted by Gasteiger charge is -2.06. The highest BCUT2D eigenvalue weighted by atomic mass is 127. The quantitative estimate of drug-likeness (QED) is 0.709. The topological polar surface area (TPSA) is 17.3 Å². The van der Waals surface area contributed by atoms with Crippen molar-refractivity contribution in [1.29, 1.82) is 0 Å². The van der Waals surface area contributed by atoms with Crippen molar-refractivity contribution in [2.75, 3.05) is 0 Å². The van der Waals surface area contributed by atoms with Crippen LogP contribution in [0.3, 0.4) is 0 Å². The molecule has 0 aliphatic rings. The smallest absolute Gasteiger partial charge is 0.302 e. The summed E-state index contributed by atoms with van der Waals surface area (Å²) in [5.74, 6) is 0. The summed E-state index contributed by atoms with van der Waals surface area (Å²) in [5.41, 5.74) is 0.439. The van der Waals surface area contributed by atoms with Gasteiger partial charge in [-0.1, -0.05) is 11.6 Å². The van der Waals surface area contributed by atoms with Crippen LogP contribution in [0.15, 0.2) is 18.5 Å². The normalized spacial score (nSPS) is 12.3. The monoisotopic (exact) mass is 360 g/mol. The van der Waals surface area contributed by atoms with Crippen molar-refractivity contribution in [1.82, 2.24) is 9.38 Å². The number of aromatic nitrogens is 2. The zero-order valence-electron chi connectivity index (χ0n) is 7.72. The van der Waals surface area contributed by atoms with E-state index >= 15 is 0 Å². The molecule has 2 rings (SSSR count). The van der Waals surface area contributed by atoms with Gasteiger partial charge in [0, 0.05) is 16.0 Å². The van der Waals surface area contributed by atoms with Crippen molar-refractivity contribution in [2.45, 2.75) is 12.6 Å². The van der Waals surface area contributed by atoms with Crippen LogP contribution < -0.4 is 0 Å². The third kappa shape index (κ3) is 2.27. The van der Waals surface area contributed by atoms with Gasteiger partial charge >= 0.3 is 6.18 Å². The highest BCUT2D eigenvalue weighted by Gasteiger charge is 2.29. The van der Waals surface area contributed by atoms with Gasteiger partial charge in [0.15, 0.2) is 5.65 Å². The molecule has 0 unspecified atom stereocenters. The Labute approximate surface area is 108 Å². The van der Waals surface area contributed by atoms with E-state index in [1.807, 2.05) is 22.6 Å². The Morgan fingerprint density at radius 2 is 2.12 bits per heavy atom. The summed E-state index contributed by atoms with van der Waals surface area (Å²) in [6.07, 6.45) is -2.52. The average Bonchev–Trinajstić information content (AvgIpc) is 2.53.